The molecule has 0 aliphatic carbocycles. The largest absolute Gasteiger partial charge is 0.495 e. The fourth-order valence-corrected chi connectivity index (χ4v) is 3.68. The second kappa shape index (κ2) is 7.53. The Morgan fingerprint density at radius 1 is 1.17 bits per heavy atom. The Hall–Kier alpha value is -2.28. The number of pyridine rings is 1. The van der Waals surface area contributed by atoms with Crippen LogP contribution in [0.2, 0.25) is 0 Å². The van der Waals surface area contributed by atoms with Crippen LogP contribution in [0.3, 0.4) is 0 Å². The Morgan fingerprint density at radius 3 is 2.42 bits per heavy atom. The summed E-state index contributed by atoms with van der Waals surface area (Å²) in [6.07, 6.45) is 1.52. The molecule has 0 radical (unpaired) electrons. The van der Waals surface area contributed by atoms with E-state index < -0.39 is 10.0 Å². The third kappa shape index (κ3) is 3.97. The van der Waals surface area contributed by atoms with Crippen LogP contribution in [0.25, 0.3) is 0 Å². The lowest BCUT2D eigenvalue weighted by atomic mass is 10.2. The Labute approximate surface area is 143 Å². The van der Waals surface area contributed by atoms with Gasteiger partial charge in [-0.3, -0.25) is 4.72 Å². The third-order valence-corrected chi connectivity index (χ3v) is 5.10. The summed E-state index contributed by atoms with van der Waals surface area (Å²) in [6.45, 7) is 7.61. The maximum absolute atomic E-state index is 12.6. The molecule has 0 amide bonds. The molecule has 1 aromatic carbocycles. The Bertz CT molecular complexity index is 785. The molecule has 0 saturated carbocycles. The summed E-state index contributed by atoms with van der Waals surface area (Å²) >= 11 is 0. The maximum atomic E-state index is 12.6. The quantitative estimate of drug-likeness (QED) is 0.832. The van der Waals surface area contributed by atoms with Crippen LogP contribution in [0.1, 0.15) is 19.4 Å². The summed E-state index contributed by atoms with van der Waals surface area (Å²) < 4.78 is 33.0. The van der Waals surface area contributed by atoms with Crippen molar-refractivity contribution in [1.29, 1.82) is 0 Å². The van der Waals surface area contributed by atoms with Gasteiger partial charge in [0, 0.05) is 13.1 Å². The number of nitrogens with one attached hydrogen (secondary N) is 1. The van der Waals surface area contributed by atoms with Crippen molar-refractivity contribution in [1.82, 2.24) is 4.98 Å². The van der Waals surface area contributed by atoms with Crippen molar-refractivity contribution in [3.05, 3.63) is 42.1 Å². The zero-order valence-corrected chi connectivity index (χ0v) is 15.2. The van der Waals surface area contributed by atoms with E-state index in [1.54, 1.807) is 30.3 Å². The Morgan fingerprint density at radius 2 is 1.88 bits per heavy atom. The van der Waals surface area contributed by atoms with E-state index >= 15 is 0 Å². The first-order chi connectivity index (χ1) is 11.4. The lowest BCUT2D eigenvalue weighted by Crippen LogP contribution is -2.23. The zero-order chi connectivity index (χ0) is 17.7. The number of benzene rings is 1. The summed E-state index contributed by atoms with van der Waals surface area (Å²) in [5, 5.41) is 0. The van der Waals surface area contributed by atoms with Gasteiger partial charge in [0.15, 0.2) is 0 Å². The highest BCUT2D eigenvalue weighted by molar-refractivity contribution is 7.92. The first-order valence-electron chi connectivity index (χ1n) is 7.79. The van der Waals surface area contributed by atoms with E-state index in [-0.39, 0.29) is 4.90 Å². The fraction of sp³-hybridized carbons (Fsp3) is 0.353. The predicted octanol–water partition coefficient (Wildman–Crippen LogP) is 3.05. The summed E-state index contributed by atoms with van der Waals surface area (Å²) in [6, 6.07) is 8.54. The molecule has 1 N–H and O–H groups in total. The topological polar surface area (TPSA) is 71.5 Å². The van der Waals surface area contributed by atoms with Gasteiger partial charge in [-0.2, -0.15) is 0 Å². The molecule has 0 atom stereocenters. The minimum atomic E-state index is -3.75. The van der Waals surface area contributed by atoms with Gasteiger partial charge >= 0.3 is 0 Å². The molecule has 2 aromatic rings. The van der Waals surface area contributed by atoms with Crippen LogP contribution < -0.4 is 14.4 Å². The number of aryl methyl sites for hydroxylation is 1. The zero-order valence-electron chi connectivity index (χ0n) is 14.4. The number of hydrogen-bond donors (Lipinski definition) is 1. The van der Waals surface area contributed by atoms with Crippen molar-refractivity contribution in [3.8, 4) is 5.75 Å². The SMILES string of the molecule is CCN(CC)c1ccc(NS(=O)(=O)c2cc(C)ccc2OC)cn1. The van der Waals surface area contributed by atoms with Crippen LogP contribution in [0, 0.1) is 6.92 Å². The number of hydrogen-bond acceptors (Lipinski definition) is 5. The van der Waals surface area contributed by atoms with E-state index in [4.69, 9.17) is 4.74 Å². The molecule has 0 saturated heterocycles. The Kier molecular flexibility index (Phi) is 5.66. The number of ether oxygens (including phenoxy) is 1. The minimum absolute atomic E-state index is 0.109. The monoisotopic (exact) mass is 349 g/mol. The normalized spacial score (nSPS) is 11.2. The van der Waals surface area contributed by atoms with E-state index in [9.17, 15) is 8.42 Å². The molecule has 0 aliphatic heterocycles. The molecule has 1 heterocycles. The van der Waals surface area contributed by atoms with E-state index in [0.29, 0.717) is 11.4 Å². The van der Waals surface area contributed by atoms with Gasteiger partial charge in [-0.15, -0.1) is 0 Å². The van der Waals surface area contributed by atoms with Crippen molar-refractivity contribution in [2.45, 2.75) is 25.7 Å². The van der Waals surface area contributed by atoms with Crippen molar-refractivity contribution < 1.29 is 13.2 Å². The van der Waals surface area contributed by atoms with Crippen molar-refractivity contribution >= 4 is 21.5 Å². The first-order valence-corrected chi connectivity index (χ1v) is 9.28. The smallest absolute Gasteiger partial charge is 0.265 e. The fourth-order valence-electron chi connectivity index (χ4n) is 2.39. The maximum Gasteiger partial charge on any atom is 0.265 e. The standard InChI is InChI=1S/C17H23N3O3S/c1-5-20(6-2)17-10-8-14(12-18-17)19-24(21,22)16-11-13(3)7-9-15(16)23-4/h7-12,19H,5-6H2,1-4H3. The number of sulfonamides is 1. The minimum Gasteiger partial charge on any atom is -0.495 e. The van der Waals surface area contributed by atoms with Gasteiger partial charge in [0.25, 0.3) is 10.0 Å². The van der Waals surface area contributed by atoms with Gasteiger partial charge in [0.05, 0.1) is 19.0 Å². The molecule has 0 bridgehead atoms. The van der Waals surface area contributed by atoms with Crippen molar-refractivity contribution in [2.75, 3.05) is 29.8 Å². The molecule has 0 fully saturated rings. The molecule has 7 heteroatoms. The van der Waals surface area contributed by atoms with E-state index in [1.165, 1.54) is 13.3 Å². The highest BCUT2D eigenvalue weighted by Crippen LogP contribution is 2.27. The number of anilines is 2. The average molecular weight is 349 g/mol. The number of rotatable bonds is 7. The van der Waals surface area contributed by atoms with Gasteiger partial charge in [0.2, 0.25) is 0 Å². The van der Waals surface area contributed by atoms with Crippen LogP contribution >= 0.6 is 0 Å². The lowest BCUT2D eigenvalue weighted by molar-refractivity contribution is 0.402. The van der Waals surface area contributed by atoms with Gasteiger partial charge in [-0.25, -0.2) is 13.4 Å². The van der Waals surface area contributed by atoms with Gasteiger partial charge in [-0.1, -0.05) is 6.07 Å². The van der Waals surface area contributed by atoms with Crippen LogP contribution in [0.4, 0.5) is 11.5 Å². The second-order valence-corrected chi connectivity index (χ2v) is 6.99. The van der Waals surface area contributed by atoms with Crippen LogP contribution in [-0.4, -0.2) is 33.6 Å². The molecule has 130 valence electrons. The van der Waals surface area contributed by atoms with E-state index in [1.807, 2.05) is 20.8 Å². The summed E-state index contributed by atoms with van der Waals surface area (Å²) in [7, 11) is -2.30. The number of aromatic nitrogens is 1. The molecule has 6 nitrogen and oxygen atoms in total. The lowest BCUT2D eigenvalue weighted by Gasteiger charge is -2.19. The van der Waals surface area contributed by atoms with Crippen LogP contribution in [0.15, 0.2) is 41.4 Å². The highest BCUT2D eigenvalue weighted by atomic mass is 32.2. The molecule has 24 heavy (non-hydrogen) atoms. The predicted molar refractivity (Wildman–Crippen MR) is 96.3 cm³/mol. The highest BCUT2D eigenvalue weighted by Gasteiger charge is 2.20. The first kappa shape index (κ1) is 18.1. The second-order valence-electron chi connectivity index (χ2n) is 5.34. The van der Waals surface area contributed by atoms with Crippen LogP contribution in [-0.2, 0) is 10.0 Å². The van der Waals surface area contributed by atoms with E-state index in [2.05, 4.69) is 14.6 Å². The third-order valence-electron chi connectivity index (χ3n) is 3.70. The summed E-state index contributed by atoms with van der Waals surface area (Å²) in [4.78, 5) is 6.52. The molecule has 1 aromatic heterocycles. The molecule has 0 unspecified atom stereocenters. The van der Waals surface area contributed by atoms with Gasteiger partial charge in [-0.05, 0) is 50.6 Å². The molecule has 0 spiro atoms. The molecule has 2 rings (SSSR count). The van der Waals surface area contributed by atoms with E-state index in [0.717, 1.165) is 24.5 Å². The summed E-state index contributed by atoms with van der Waals surface area (Å²) in [5.41, 5.74) is 1.25. The van der Waals surface area contributed by atoms with Crippen molar-refractivity contribution in [2.24, 2.45) is 0 Å². The number of nitrogens with zero attached hydrogens (tertiary/aromatic N) is 2. The molecular formula is C17H23N3O3S. The van der Waals surface area contributed by atoms with Gasteiger partial charge < -0.3 is 9.64 Å². The van der Waals surface area contributed by atoms with Crippen LogP contribution in [0.5, 0.6) is 5.75 Å². The van der Waals surface area contributed by atoms with Gasteiger partial charge in [0.1, 0.15) is 16.5 Å². The average Bonchev–Trinajstić information content (AvgIpc) is 2.57. The number of methoxy groups -OCH3 is 1. The van der Waals surface area contributed by atoms with Crippen molar-refractivity contribution in [3.63, 3.8) is 0 Å². The molecular weight excluding hydrogens is 326 g/mol. The Balaban J connectivity index is 2.28. The molecule has 0 aliphatic rings. The summed E-state index contributed by atoms with van der Waals surface area (Å²) in [5.74, 6) is 1.12.